The van der Waals surface area contributed by atoms with E-state index in [0.29, 0.717) is 13.0 Å². The normalized spacial score (nSPS) is 12.9. The number of carbonyl (C=O) groups is 1. The van der Waals surface area contributed by atoms with E-state index in [1.54, 1.807) is 0 Å². The Morgan fingerprint density at radius 2 is 2.07 bits per heavy atom. The first-order valence-corrected chi connectivity index (χ1v) is 4.83. The molecule has 0 amide bonds. The van der Waals surface area contributed by atoms with Crippen LogP contribution in [0, 0.1) is 11.3 Å². The molecule has 0 aliphatic carbocycles. The third-order valence-electron chi connectivity index (χ3n) is 2.18. The van der Waals surface area contributed by atoms with Crippen LogP contribution in [0.2, 0.25) is 0 Å². The van der Waals surface area contributed by atoms with Crippen molar-refractivity contribution in [3.63, 3.8) is 0 Å². The van der Waals surface area contributed by atoms with Gasteiger partial charge >= 0.3 is 5.97 Å². The zero-order valence-electron chi connectivity index (χ0n) is 9.03. The van der Waals surface area contributed by atoms with Crippen LogP contribution in [-0.4, -0.2) is 34.6 Å². The summed E-state index contributed by atoms with van der Waals surface area (Å²) in [6.45, 7) is 6.54. The number of aliphatic carboxylic acids is 1. The first-order chi connectivity index (χ1) is 6.49. The fraction of sp³-hybridized carbons (Fsp3) is 0.800. The number of hydrogen-bond donors (Lipinski definition) is 1. The van der Waals surface area contributed by atoms with E-state index >= 15 is 0 Å². The van der Waals surface area contributed by atoms with Gasteiger partial charge in [0.05, 0.1) is 12.5 Å². The van der Waals surface area contributed by atoms with Crippen molar-refractivity contribution in [1.82, 2.24) is 4.90 Å². The average molecular weight is 198 g/mol. The molecule has 14 heavy (non-hydrogen) atoms. The average Bonchev–Trinajstić information content (AvgIpc) is 2.02. The van der Waals surface area contributed by atoms with Gasteiger partial charge in [-0.25, -0.2) is 0 Å². The van der Waals surface area contributed by atoms with Crippen LogP contribution >= 0.6 is 0 Å². The van der Waals surface area contributed by atoms with Crippen molar-refractivity contribution in [1.29, 1.82) is 5.26 Å². The minimum absolute atomic E-state index is 0.0131. The number of rotatable bonds is 6. The standard InChI is InChI=1S/C10H18N2O2/c1-8(2)12(6-4-5-11)9(3)7-10(13)14/h8-9H,4,6-7H2,1-3H3,(H,13,14). The molecular weight excluding hydrogens is 180 g/mol. The highest BCUT2D eigenvalue weighted by Gasteiger charge is 2.18. The summed E-state index contributed by atoms with van der Waals surface area (Å²) in [6, 6.07) is 2.33. The zero-order valence-corrected chi connectivity index (χ0v) is 9.03. The largest absolute Gasteiger partial charge is 0.481 e. The molecule has 1 atom stereocenters. The Kier molecular flexibility index (Phi) is 5.89. The third-order valence-corrected chi connectivity index (χ3v) is 2.18. The number of carboxylic acid groups (broad SMARTS) is 1. The summed E-state index contributed by atoms with van der Waals surface area (Å²) >= 11 is 0. The first-order valence-electron chi connectivity index (χ1n) is 4.83. The van der Waals surface area contributed by atoms with Crippen LogP contribution in [0.1, 0.15) is 33.6 Å². The molecule has 1 unspecified atom stereocenters. The van der Waals surface area contributed by atoms with Crippen molar-refractivity contribution in [3.05, 3.63) is 0 Å². The maximum Gasteiger partial charge on any atom is 0.304 e. The minimum atomic E-state index is -0.792. The summed E-state index contributed by atoms with van der Waals surface area (Å²) in [6.07, 6.45) is 0.575. The number of nitriles is 1. The summed E-state index contributed by atoms with van der Waals surface area (Å²) in [5, 5.41) is 17.1. The second-order valence-electron chi connectivity index (χ2n) is 3.69. The Morgan fingerprint density at radius 1 is 1.50 bits per heavy atom. The molecule has 0 aliphatic rings. The van der Waals surface area contributed by atoms with E-state index in [9.17, 15) is 4.79 Å². The molecule has 4 nitrogen and oxygen atoms in total. The summed E-state index contributed by atoms with van der Waals surface area (Å²) in [5.41, 5.74) is 0. The molecule has 80 valence electrons. The van der Waals surface area contributed by atoms with Crippen LogP contribution in [0.5, 0.6) is 0 Å². The van der Waals surface area contributed by atoms with Crippen LogP contribution < -0.4 is 0 Å². The molecule has 0 saturated carbocycles. The Morgan fingerprint density at radius 3 is 2.43 bits per heavy atom. The van der Waals surface area contributed by atoms with Gasteiger partial charge in [0.2, 0.25) is 0 Å². The highest BCUT2D eigenvalue weighted by atomic mass is 16.4. The summed E-state index contributed by atoms with van der Waals surface area (Å²) in [7, 11) is 0. The molecule has 0 aromatic carbocycles. The predicted molar refractivity (Wildman–Crippen MR) is 53.8 cm³/mol. The smallest absolute Gasteiger partial charge is 0.304 e. The van der Waals surface area contributed by atoms with Crippen LogP contribution in [0.4, 0.5) is 0 Å². The van der Waals surface area contributed by atoms with E-state index in [1.165, 1.54) is 0 Å². The molecule has 0 spiro atoms. The lowest BCUT2D eigenvalue weighted by atomic mass is 10.1. The van der Waals surface area contributed by atoms with Gasteiger partial charge in [-0.2, -0.15) is 5.26 Å². The Labute approximate surface area is 85.1 Å². The fourth-order valence-electron chi connectivity index (χ4n) is 1.54. The maximum atomic E-state index is 10.5. The minimum Gasteiger partial charge on any atom is -0.481 e. The molecule has 0 fully saturated rings. The predicted octanol–water partition coefficient (Wildman–Crippen LogP) is 1.47. The fourth-order valence-corrected chi connectivity index (χ4v) is 1.54. The highest BCUT2D eigenvalue weighted by Crippen LogP contribution is 2.09. The van der Waals surface area contributed by atoms with E-state index in [-0.39, 0.29) is 18.5 Å². The Bertz CT molecular complexity index is 221. The lowest BCUT2D eigenvalue weighted by molar-refractivity contribution is -0.138. The van der Waals surface area contributed by atoms with Crippen molar-refractivity contribution < 1.29 is 9.90 Å². The molecule has 4 heteroatoms. The molecule has 0 saturated heterocycles. The number of carboxylic acids is 1. The highest BCUT2D eigenvalue weighted by molar-refractivity contribution is 5.67. The summed E-state index contributed by atoms with van der Waals surface area (Å²) in [4.78, 5) is 12.6. The first kappa shape index (κ1) is 12.9. The molecule has 1 N–H and O–H groups in total. The van der Waals surface area contributed by atoms with Crippen LogP contribution in [0.25, 0.3) is 0 Å². The van der Waals surface area contributed by atoms with Crippen molar-refractivity contribution >= 4 is 5.97 Å². The number of hydrogen-bond acceptors (Lipinski definition) is 3. The second kappa shape index (κ2) is 6.39. The Balaban J connectivity index is 4.19. The molecule has 0 heterocycles. The van der Waals surface area contributed by atoms with Crippen LogP contribution in [-0.2, 0) is 4.79 Å². The molecule has 0 radical (unpaired) electrons. The lowest BCUT2D eigenvalue weighted by Gasteiger charge is -2.31. The van der Waals surface area contributed by atoms with Crippen LogP contribution in [0.3, 0.4) is 0 Å². The van der Waals surface area contributed by atoms with Crippen molar-refractivity contribution in [2.45, 2.75) is 45.7 Å². The Hall–Kier alpha value is -1.08. The van der Waals surface area contributed by atoms with Crippen molar-refractivity contribution in [2.24, 2.45) is 0 Å². The molecule has 0 bridgehead atoms. The van der Waals surface area contributed by atoms with Gasteiger partial charge in [-0.3, -0.25) is 9.69 Å². The lowest BCUT2D eigenvalue weighted by Crippen LogP contribution is -2.40. The third kappa shape index (κ3) is 4.83. The van der Waals surface area contributed by atoms with Gasteiger partial charge < -0.3 is 5.11 Å². The van der Waals surface area contributed by atoms with E-state index in [1.807, 2.05) is 25.7 Å². The van der Waals surface area contributed by atoms with Crippen molar-refractivity contribution in [3.8, 4) is 6.07 Å². The monoisotopic (exact) mass is 198 g/mol. The molecule has 0 aromatic rings. The maximum absolute atomic E-state index is 10.5. The number of nitrogens with zero attached hydrogens (tertiary/aromatic N) is 2. The molecular formula is C10H18N2O2. The van der Waals surface area contributed by atoms with Gasteiger partial charge in [0.25, 0.3) is 0 Å². The van der Waals surface area contributed by atoms with E-state index in [0.717, 1.165) is 0 Å². The molecule has 0 rings (SSSR count). The van der Waals surface area contributed by atoms with Crippen LogP contribution in [0.15, 0.2) is 0 Å². The SMILES string of the molecule is CC(C)N(CCC#N)C(C)CC(=O)O. The van der Waals surface area contributed by atoms with Gasteiger partial charge in [-0.1, -0.05) is 0 Å². The van der Waals surface area contributed by atoms with Gasteiger partial charge in [-0.15, -0.1) is 0 Å². The topological polar surface area (TPSA) is 64.3 Å². The van der Waals surface area contributed by atoms with E-state index in [4.69, 9.17) is 10.4 Å². The quantitative estimate of drug-likeness (QED) is 0.702. The van der Waals surface area contributed by atoms with Gasteiger partial charge in [0.1, 0.15) is 0 Å². The van der Waals surface area contributed by atoms with Gasteiger partial charge in [0, 0.05) is 25.0 Å². The van der Waals surface area contributed by atoms with E-state index < -0.39 is 5.97 Å². The molecule has 0 aliphatic heterocycles. The molecule has 0 aromatic heterocycles. The second-order valence-corrected chi connectivity index (χ2v) is 3.69. The summed E-state index contributed by atoms with van der Waals surface area (Å²) < 4.78 is 0. The van der Waals surface area contributed by atoms with Crippen molar-refractivity contribution in [2.75, 3.05) is 6.54 Å². The van der Waals surface area contributed by atoms with Gasteiger partial charge in [-0.05, 0) is 20.8 Å². The van der Waals surface area contributed by atoms with E-state index in [2.05, 4.69) is 6.07 Å². The zero-order chi connectivity index (χ0) is 11.1. The van der Waals surface area contributed by atoms with Gasteiger partial charge in [0.15, 0.2) is 0 Å². The summed E-state index contributed by atoms with van der Waals surface area (Å²) in [5.74, 6) is -0.792.